The lowest BCUT2D eigenvalue weighted by Crippen LogP contribution is -2.30. The van der Waals surface area contributed by atoms with E-state index in [1.165, 1.54) is 38.5 Å². The maximum Gasteiger partial charge on any atom is 0.320 e. The van der Waals surface area contributed by atoms with Crippen molar-refractivity contribution in [1.29, 1.82) is 0 Å². The van der Waals surface area contributed by atoms with E-state index in [1.54, 1.807) is 25.1 Å². The molecular formula is C31H50N2O7. The highest BCUT2D eigenvalue weighted by atomic mass is 16.5. The minimum Gasteiger partial charge on any atom is -0.494 e. The van der Waals surface area contributed by atoms with Gasteiger partial charge in [0.15, 0.2) is 5.78 Å². The van der Waals surface area contributed by atoms with Crippen LogP contribution in [-0.4, -0.2) is 53.0 Å². The Morgan fingerprint density at radius 3 is 1.88 bits per heavy atom. The van der Waals surface area contributed by atoms with E-state index in [-0.39, 0.29) is 18.1 Å². The van der Waals surface area contributed by atoms with E-state index in [9.17, 15) is 19.2 Å². The number of unbranched alkanes of at least 4 members (excludes halogenated alkanes) is 12. The largest absolute Gasteiger partial charge is 0.494 e. The van der Waals surface area contributed by atoms with Gasteiger partial charge in [0.05, 0.1) is 6.61 Å². The minimum absolute atomic E-state index is 0.0552. The number of nitrogens with one attached hydrogen (secondary N) is 1. The summed E-state index contributed by atoms with van der Waals surface area (Å²) in [6, 6.07) is 4.06. The van der Waals surface area contributed by atoms with Gasteiger partial charge in [0.1, 0.15) is 11.8 Å². The fraction of sp³-hybridized carbons (Fsp3) is 0.677. The summed E-state index contributed by atoms with van der Waals surface area (Å²) in [5, 5.41) is 20.3. The minimum atomic E-state index is -1.03. The van der Waals surface area contributed by atoms with Crippen molar-refractivity contribution >= 4 is 23.6 Å². The number of carbonyl (C=O) groups is 4. The van der Waals surface area contributed by atoms with Crippen LogP contribution >= 0.6 is 0 Å². The topological polar surface area (TPSA) is 156 Å². The lowest BCUT2D eigenvalue weighted by molar-refractivity contribution is -0.139. The molecule has 0 aliphatic rings. The van der Waals surface area contributed by atoms with Crippen LogP contribution in [0.5, 0.6) is 5.75 Å². The zero-order valence-electron chi connectivity index (χ0n) is 24.3. The van der Waals surface area contributed by atoms with Gasteiger partial charge in [0.25, 0.3) is 5.91 Å². The summed E-state index contributed by atoms with van der Waals surface area (Å²) in [4.78, 5) is 46.3. The molecule has 0 aromatic heterocycles. The van der Waals surface area contributed by atoms with Gasteiger partial charge in [-0.2, -0.15) is 0 Å². The van der Waals surface area contributed by atoms with Crippen LogP contribution in [0.15, 0.2) is 18.2 Å². The zero-order chi connectivity index (χ0) is 29.6. The Kier molecular flexibility index (Phi) is 19.1. The number of carboxylic acids is 2. The highest BCUT2D eigenvalue weighted by Crippen LogP contribution is 2.20. The summed E-state index contributed by atoms with van der Waals surface area (Å²) >= 11 is 0. The van der Waals surface area contributed by atoms with Gasteiger partial charge in [-0.15, -0.1) is 0 Å². The maximum atomic E-state index is 12.7. The first-order chi connectivity index (χ1) is 19.2. The van der Waals surface area contributed by atoms with Crippen molar-refractivity contribution in [2.24, 2.45) is 5.73 Å². The molecule has 1 amide bonds. The monoisotopic (exact) mass is 562 g/mol. The molecule has 0 saturated carbocycles. The number of Topliss-reactive ketones (excluding diaryl/α,β-unsaturated/α-hetero) is 1. The lowest BCUT2D eigenvalue weighted by atomic mass is 10.0. The van der Waals surface area contributed by atoms with Crippen molar-refractivity contribution in [2.45, 2.75) is 122 Å². The molecular weight excluding hydrogens is 512 g/mol. The number of carboxylic acid groups (broad SMARTS) is 2. The van der Waals surface area contributed by atoms with Gasteiger partial charge < -0.3 is 26.0 Å². The number of rotatable bonds is 25. The summed E-state index contributed by atoms with van der Waals surface area (Å²) in [5.41, 5.74) is 6.33. The predicted octanol–water partition coefficient (Wildman–Crippen LogP) is 6.13. The number of carbonyl (C=O) groups excluding carboxylic acids is 2. The second-order valence-electron chi connectivity index (χ2n) is 10.5. The highest BCUT2D eigenvalue weighted by Gasteiger charge is 2.14. The number of nitrogens with two attached hydrogens (primary N) is 1. The van der Waals surface area contributed by atoms with Crippen LogP contribution in [0.3, 0.4) is 0 Å². The van der Waals surface area contributed by atoms with Gasteiger partial charge in [-0.25, -0.2) is 0 Å². The molecule has 0 spiro atoms. The Hall–Kier alpha value is -2.94. The van der Waals surface area contributed by atoms with Crippen molar-refractivity contribution in [3.05, 3.63) is 29.3 Å². The first kappa shape index (κ1) is 35.1. The SMILES string of the molecule is CCC(=O)c1cc(OCCCCCCCCCCCCCCC(=O)O)cc(C(=O)NCCCC[C@H](N)C(=O)O)c1. The molecule has 0 radical (unpaired) electrons. The predicted molar refractivity (Wildman–Crippen MR) is 156 cm³/mol. The third kappa shape index (κ3) is 16.9. The standard InChI is InChI=1S/C31H50N2O7/c1-2-28(34)24-21-25(30(37)33-19-15-14-17-27(32)31(38)39)23-26(22-24)40-20-16-12-10-8-6-4-3-5-7-9-11-13-18-29(35)36/h21-23,27H,2-20,32H2,1H3,(H,33,37)(H,35,36)(H,38,39)/t27-/m0/s1. The molecule has 1 atom stereocenters. The summed E-state index contributed by atoms with van der Waals surface area (Å²) in [5.74, 6) is -1.57. The number of hydrogen-bond acceptors (Lipinski definition) is 6. The number of hydrogen-bond donors (Lipinski definition) is 4. The van der Waals surface area contributed by atoms with E-state index in [0.717, 1.165) is 38.5 Å². The third-order valence-electron chi connectivity index (χ3n) is 6.91. The Morgan fingerprint density at radius 1 is 0.775 bits per heavy atom. The Morgan fingerprint density at radius 2 is 1.32 bits per heavy atom. The Bertz CT molecular complexity index is 904. The van der Waals surface area contributed by atoms with Gasteiger partial charge in [-0.3, -0.25) is 19.2 Å². The average molecular weight is 563 g/mol. The summed E-state index contributed by atoms with van der Waals surface area (Å²) in [7, 11) is 0. The van der Waals surface area contributed by atoms with Crippen molar-refractivity contribution in [2.75, 3.05) is 13.2 Å². The van der Waals surface area contributed by atoms with Crippen LogP contribution in [0, 0.1) is 0 Å². The molecule has 9 nitrogen and oxygen atoms in total. The van der Waals surface area contributed by atoms with Crippen LogP contribution in [-0.2, 0) is 9.59 Å². The molecule has 0 aliphatic carbocycles. The van der Waals surface area contributed by atoms with Crippen LogP contribution in [0.2, 0.25) is 0 Å². The van der Waals surface area contributed by atoms with E-state index in [1.807, 2.05) is 0 Å². The van der Waals surface area contributed by atoms with Crippen molar-refractivity contribution < 1.29 is 34.1 Å². The molecule has 0 bridgehead atoms. The molecule has 0 aliphatic heterocycles. The molecule has 40 heavy (non-hydrogen) atoms. The van der Waals surface area contributed by atoms with E-state index in [4.69, 9.17) is 20.7 Å². The van der Waals surface area contributed by atoms with E-state index < -0.39 is 18.0 Å². The number of amides is 1. The molecule has 0 heterocycles. The highest BCUT2D eigenvalue weighted by molar-refractivity contribution is 6.01. The summed E-state index contributed by atoms with van der Waals surface area (Å²) in [6.45, 7) is 2.70. The quantitative estimate of drug-likeness (QED) is 0.0819. The Balaban J connectivity index is 2.28. The molecule has 5 N–H and O–H groups in total. The summed E-state index contributed by atoms with van der Waals surface area (Å²) in [6.07, 6.45) is 15.5. The van der Waals surface area contributed by atoms with Crippen LogP contribution in [0.25, 0.3) is 0 Å². The van der Waals surface area contributed by atoms with E-state index >= 15 is 0 Å². The Labute approximate surface area is 239 Å². The van der Waals surface area contributed by atoms with Crippen molar-refractivity contribution in [3.8, 4) is 5.75 Å². The number of aliphatic carboxylic acids is 2. The first-order valence-electron chi connectivity index (χ1n) is 15.0. The molecule has 1 aromatic rings. The maximum absolute atomic E-state index is 12.7. The van der Waals surface area contributed by atoms with Crippen LogP contribution < -0.4 is 15.8 Å². The molecule has 0 unspecified atom stereocenters. The zero-order valence-corrected chi connectivity index (χ0v) is 24.3. The van der Waals surface area contributed by atoms with Gasteiger partial charge in [-0.05, 0) is 50.3 Å². The number of ether oxygens (including phenoxy) is 1. The molecule has 1 rings (SSSR count). The van der Waals surface area contributed by atoms with Crippen LogP contribution in [0.1, 0.15) is 137 Å². The number of benzene rings is 1. The molecule has 1 aromatic carbocycles. The molecule has 0 fully saturated rings. The van der Waals surface area contributed by atoms with Crippen molar-refractivity contribution in [3.63, 3.8) is 0 Å². The summed E-state index contributed by atoms with van der Waals surface area (Å²) < 4.78 is 5.90. The smallest absolute Gasteiger partial charge is 0.320 e. The fourth-order valence-electron chi connectivity index (χ4n) is 4.43. The van der Waals surface area contributed by atoms with Crippen LogP contribution in [0.4, 0.5) is 0 Å². The van der Waals surface area contributed by atoms with Gasteiger partial charge >= 0.3 is 11.9 Å². The van der Waals surface area contributed by atoms with Crippen molar-refractivity contribution in [1.82, 2.24) is 5.32 Å². The molecule has 9 heteroatoms. The van der Waals surface area contributed by atoms with E-state index in [2.05, 4.69) is 5.32 Å². The first-order valence-corrected chi connectivity index (χ1v) is 15.0. The fourth-order valence-corrected chi connectivity index (χ4v) is 4.43. The molecule has 0 saturated heterocycles. The van der Waals surface area contributed by atoms with Gasteiger partial charge in [0, 0.05) is 30.5 Å². The lowest BCUT2D eigenvalue weighted by Gasteiger charge is -2.12. The third-order valence-corrected chi connectivity index (χ3v) is 6.91. The van der Waals surface area contributed by atoms with Gasteiger partial charge in [0.2, 0.25) is 0 Å². The normalized spacial score (nSPS) is 11.7. The number of ketones is 1. The molecule has 226 valence electrons. The van der Waals surface area contributed by atoms with Gasteiger partial charge in [-0.1, -0.05) is 71.1 Å². The van der Waals surface area contributed by atoms with E-state index in [0.29, 0.717) is 55.7 Å². The average Bonchev–Trinajstić information content (AvgIpc) is 2.93. The second-order valence-corrected chi connectivity index (χ2v) is 10.5. The second kappa shape index (κ2) is 21.8.